The van der Waals surface area contributed by atoms with Crippen molar-refractivity contribution in [2.75, 3.05) is 39.8 Å². The summed E-state index contributed by atoms with van der Waals surface area (Å²) in [6.45, 7) is 6.44. The van der Waals surface area contributed by atoms with E-state index in [2.05, 4.69) is 22.2 Å². The van der Waals surface area contributed by atoms with Gasteiger partial charge in [0.2, 0.25) is 0 Å². The quantitative estimate of drug-likeness (QED) is 0.854. The molecule has 2 fully saturated rings. The van der Waals surface area contributed by atoms with Crippen molar-refractivity contribution < 1.29 is 9.53 Å². The minimum atomic E-state index is -0.0467. The molecule has 144 valence electrons. The van der Waals surface area contributed by atoms with Gasteiger partial charge in [-0.2, -0.15) is 0 Å². The minimum absolute atomic E-state index is 0.0467. The zero-order valence-electron chi connectivity index (χ0n) is 15.8. The molecule has 2 aliphatic rings. The van der Waals surface area contributed by atoms with Crippen LogP contribution in [0.3, 0.4) is 0 Å². The van der Waals surface area contributed by atoms with Gasteiger partial charge < -0.3 is 15.0 Å². The fraction of sp³-hybridized carbons (Fsp3) is 0.650. The molecule has 6 heteroatoms. The van der Waals surface area contributed by atoms with E-state index in [1.165, 1.54) is 25.9 Å². The Morgan fingerprint density at radius 3 is 2.77 bits per heavy atom. The minimum Gasteiger partial charge on any atom is -0.484 e. The van der Waals surface area contributed by atoms with E-state index in [1.807, 2.05) is 19.1 Å². The lowest BCUT2D eigenvalue weighted by atomic mass is 9.98. The zero-order chi connectivity index (χ0) is 18.5. The molecule has 0 bridgehead atoms. The summed E-state index contributed by atoms with van der Waals surface area (Å²) < 4.78 is 5.66. The Hall–Kier alpha value is -1.30. The first-order chi connectivity index (χ1) is 12.5. The highest BCUT2D eigenvalue weighted by Crippen LogP contribution is 2.22. The number of hydrogen-bond donors (Lipinski definition) is 1. The normalized spacial score (nSPS) is 23.0. The summed E-state index contributed by atoms with van der Waals surface area (Å²) in [7, 11) is 2.19. The van der Waals surface area contributed by atoms with Gasteiger partial charge in [0.05, 0.1) is 0 Å². The molecule has 1 N–H and O–H groups in total. The lowest BCUT2D eigenvalue weighted by molar-refractivity contribution is -0.124. The average molecular weight is 380 g/mol. The van der Waals surface area contributed by atoms with E-state index < -0.39 is 0 Å². The van der Waals surface area contributed by atoms with Gasteiger partial charge in [0.15, 0.2) is 6.61 Å². The van der Waals surface area contributed by atoms with E-state index in [-0.39, 0.29) is 18.6 Å². The number of ether oxygens (including phenoxy) is 1. The van der Waals surface area contributed by atoms with Crippen LogP contribution in [0, 0.1) is 6.92 Å². The number of aryl methyl sites for hydroxylation is 1. The molecule has 2 aliphatic heterocycles. The van der Waals surface area contributed by atoms with Gasteiger partial charge in [-0.05, 0) is 83.1 Å². The van der Waals surface area contributed by atoms with Crippen LogP contribution in [-0.2, 0) is 4.79 Å². The third kappa shape index (κ3) is 5.35. The summed E-state index contributed by atoms with van der Waals surface area (Å²) in [5, 5.41) is 3.83. The number of amides is 1. The fourth-order valence-electron chi connectivity index (χ4n) is 4.00. The zero-order valence-corrected chi connectivity index (χ0v) is 16.6. The standard InChI is InChI=1S/C20H30ClN3O2/c1-15-12-16(21)5-6-19(15)26-14-20(25)22-17-4-3-9-24(13-17)18-7-10-23(2)11-8-18/h5-6,12,17-18H,3-4,7-11,13-14H2,1-2H3,(H,22,25). The van der Waals surface area contributed by atoms with Crippen molar-refractivity contribution in [1.82, 2.24) is 15.1 Å². The first kappa shape index (κ1) is 19.5. The second-order valence-corrected chi connectivity index (χ2v) is 8.07. The summed E-state index contributed by atoms with van der Waals surface area (Å²) >= 11 is 5.95. The Morgan fingerprint density at radius 1 is 1.27 bits per heavy atom. The van der Waals surface area contributed by atoms with Gasteiger partial charge in [0, 0.05) is 23.7 Å². The number of benzene rings is 1. The molecule has 1 aromatic rings. The van der Waals surface area contributed by atoms with Gasteiger partial charge in [0.25, 0.3) is 5.91 Å². The second kappa shape index (κ2) is 9.07. The molecule has 5 nitrogen and oxygen atoms in total. The molecular formula is C20H30ClN3O2. The van der Waals surface area contributed by atoms with Crippen LogP contribution in [0.5, 0.6) is 5.75 Å². The lowest BCUT2D eigenvalue weighted by Gasteiger charge is -2.41. The van der Waals surface area contributed by atoms with Crippen LogP contribution < -0.4 is 10.1 Å². The van der Waals surface area contributed by atoms with Crippen LogP contribution in [-0.4, -0.2) is 67.6 Å². The third-order valence-electron chi connectivity index (χ3n) is 5.52. The van der Waals surface area contributed by atoms with E-state index >= 15 is 0 Å². The molecule has 1 atom stereocenters. The van der Waals surface area contributed by atoms with Crippen molar-refractivity contribution in [1.29, 1.82) is 0 Å². The molecule has 1 amide bonds. The summed E-state index contributed by atoms with van der Waals surface area (Å²) in [4.78, 5) is 17.3. The van der Waals surface area contributed by atoms with E-state index in [0.717, 1.165) is 31.5 Å². The maximum atomic E-state index is 12.3. The number of nitrogens with one attached hydrogen (secondary N) is 1. The Bertz CT molecular complexity index is 617. The Labute approximate surface area is 161 Å². The van der Waals surface area contributed by atoms with Crippen molar-refractivity contribution in [3.05, 3.63) is 28.8 Å². The molecule has 0 aliphatic carbocycles. The summed E-state index contributed by atoms with van der Waals surface area (Å²) in [5.74, 6) is 0.663. The molecule has 0 saturated carbocycles. The number of carbonyl (C=O) groups excluding carboxylic acids is 1. The van der Waals surface area contributed by atoms with Gasteiger partial charge >= 0.3 is 0 Å². The second-order valence-electron chi connectivity index (χ2n) is 7.63. The molecule has 0 spiro atoms. The molecular weight excluding hydrogens is 350 g/mol. The van der Waals surface area contributed by atoms with Crippen molar-refractivity contribution in [2.45, 2.75) is 44.7 Å². The molecule has 0 radical (unpaired) electrons. The van der Waals surface area contributed by atoms with E-state index in [1.54, 1.807) is 6.07 Å². The molecule has 2 saturated heterocycles. The Morgan fingerprint density at radius 2 is 2.04 bits per heavy atom. The third-order valence-corrected chi connectivity index (χ3v) is 5.75. The van der Waals surface area contributed by atoms with Crippen LogP contribution in [0.1, 0.15) is 31.2 Å². The average Bonchev–Trinajstić information content (AvgIpc) is 2.62. The van der Waals surface area contributed by atoms with Crippen LogP contribution in [0.2, 0.25) is 5.02 Å². The monoisotopic (exact) mass is 379 g/mol. The van der Waals surface area contributed by atoms with Gasteiger partial charge in [-0.25, -0.2) is 0 Å². The van der Waals surface area contributed by atoms with Gasteiger partial charge in [0.1, 0.15) is 5.75 Å². The van der Waals surface area contributed by atoms with Crippen molar-refractivity contribution in [3.8, 4) is 5.75 Å². The molecule has 2 heterocycles. The predicted molar refractivity (Wildman–Crippen MR) is 105 cm³/mol. The van der Waals surface area contributed by atoms with E-state index in [9.17, 15) is 4.79 Å². The number of likely N-dealkylation sites (tertiary alicyclic amines) is 2. The molecule has 0 aromatic heterocycles. The van der Waals surface area contributed by atoms with E-state index in [4.69, 9.17) is 16.3 Å². The highest BCUT2D eigenvalue weighted by molar-refractivity contribution is 6.30. The highest BCUT2D eigenvalue weighted by atomic mass is 35.5. The number of nitrogens with zero attached hydrogens (tertiary/aromatic N) is 2. The first-order valence-corrected chi connectivity index (χ1v) is 10.00. The SMILES string of the molecule is Cc1cc(Cl)ccc1OCC(=O)NC1CCCN(C2CCN(C)CC2)C1. The molecule has 1 aromatic carbocycles. The number of carbonyl (C=O) groups is 1. The largest absolute Gasteiger partial charge is 0.484 e. The number of halogens is 1. The molecule has 3 rings (SSSR count). The number of piperidine rings is 2. The van der Waals surface area contributed by atoms with Gasteiger partial charge in [-0.15, -0.1) is 0 Å². The summed E-state index contributed by atoms with van der Waals surface area (Å²) in [6, 6.07) is 6.33. The van der Waals surface area contributed by atoms with Crippen molar-refractivity contribution in [2.24, 2.45) is 0 Å². The topological polar surface area (TPSA) is 44.8 Å². The number of rotatable bonds is 5. The first-order valence-electron chi connectivity index (χ1n) is 9.62. The van der Waals surface area contributed by atoms with Gasteiger partial charge in [-0.1, -0.05) is 11.6 Å². The Balaban J connectivity index is 1.45. The predicted octanol–water partition coefficient (Wildman–Crippen LogP) is 2.70. The van der Waals surface area contributed by atoms with Crippen LogP contribution in [0.4, 0.5) is 0 Å². The van der Waals surface area contributed by atoms with Crippen molar-refractivity contribution in [3.63, 3.8) is 0 Å². The lowest BCUT2D eigenvalue weighted by Crippen LogP contribution is -2.53. The highest BCUT2D eigenvalue weighted by Gasteiger charge is 2.28. The fourth-order valence-corrected chi connectivity index (χ4v) is 4.23. The summed E-state index contributed by atoms with van der Waals surface area (Å²) in [6.07, 6.45) is 4.66. The van der Waals surface area contributed by atoms with Crippen molar-refractivity contribution >= 4 is 17.5 Å². The summed E-state index contributed by atoms with van der Waals surface area (Å²) in [5.41, 5.74) is 0.941. The molecule has 26 heavy (non-hydrogen) atoms. The van der Waals surface area contributed by atoms with Crippen LogP contribution in [0.25, 0.3) is 0 Å². The van der Waals surface area contributed by atoms with E-state index in [0.29, 0.717) is 16.8 Å². The van der Waals surface area contributed by atoms with Gasteiger partial charge in [-0.3, -0.25) is 9.69 Å². The maximum absolute atomic E-state index is 12.3. The smallest absolute Gasteiger partial charge is 0.258 e. The molecule has 1 unspecified atom stereocenters. The van der Waals surface area contributed by atoms with Crippen LogP contribution in [0.15, 0.2) is 18.2 Å². The van der Waals surface area contributed by atoms with Crippen LogP contribution >= 0.6 is 11.6 Å². The maximum Gasteiger partial charge on any atom is 0.258 e. The number of hydrogen-bond acceptors (Lipinski definition) is 4. The Kier molecular flexibility index (Phi) is 6.79.